The quantitative estimate of drug-likeness (QED) is 0.842. The van der Waals surface area contributed by atoms with Crippen LogP contribution in [0.1, 0.15) is 27.8 Å². The molecule has 4 nitrogen and oxygen atoms in total. The summed E-state index contributed by atoms with van der Waals surface area (Å²) in [5.74, 6) is -0.500. The third-order valence-corrected chi connectivity index (χ3v) is 3.82. The van der Waals surface area contributed by atoms with E-state index in [1.54, 1.807) is 23.6 Å². The van der Waals surface area contributed by atoms with Gasteiger partial charge in [0.2, 0.25) is 0 Å². The molecule has 1 aromatic carbocycles. The van der Waals surface area contributed by atoms with Crippen LogP contribution >= 0.6 is 38.9 Å². The van der Waals surface area contributed by atoms with Crippen molar-refractivity contribution < 1.29 is 9.59 Å². The van der Waals surface area contributed by atoms with Crippen molar-refractivity contribution in [3.8, 4) is 0 Å². The summed E-state index contributed by atoms with van der Waals surface area (Å²) in [6.45, 7) is 1.42. The second-order valence-corrected chi connectivity index (χ2v) is 5.85. The Labute approximate surface area is 126 Å². The molecular formula is C12H8BrClN2O2S. The molecule has 1 N–H and O–H groups in total. The summed E-state index contributed by atoms with van der Waals surface area (Å²) in [7, 11) is 0. The molecule has 2 aromatic rings. The van der Waals surface area contributed by atoms with Gasteiger partial charge in [-0.2, -0.15) is 0 Å². The third-order valence-electron chi connectivity index (χ3n) is 2.26. The number of halogens is 2. The second kappa shape index (κ2) is 5.81. The molecule has 0 saturated carbocycles. The number of hydrogen-bond donors (Lipinski definition) is 1. The zero-order valence-electron chi connectivity index (χ0n) is 9.74. The fourth-order valence-corrected chi connectivity index (χ4v) is 2.83. The maximum absolute atomic E-state index is 12.0. The molecule has 0 aliphatic rings. The average molecular weight is 360 g/mol. The van der Waals surface area contributed by atoms with Crippen molar-refractivity contribution >= 4 is 55.7 Å². The summed E-state index contributed by atoms with van der Waals surface area (Å²) >= 11 is 10.4. The fraction of sp³-hybridized carbons (Fsp3) is 0.0833. The zero-order valence-corrected chi connectivity index (χ0v) is 12.9. The van der Waals surface area contributed by atoms with E-state index in [1.165, 1.54) is 18.3 Å². The van der Waals surface area contributed by atoms with Gasteiger partial charge < -0.3 is 0 Å². The molecule has 0 radical (unpaired) electrons. The highest BCUT2D eigenvalue weighted by Crippen LogP contribution is 2.23. The zero-order chi connectivity index (χ0) is 14.0. The standard InChI is InChI=1S/C12H8BrClN2O2S/c1-6(17)10-5-19-12(15-10)16-11(18)8-3-2-7(13)4-9(8)14/h2-5H,1H3,(H,15,16,18). The average Bonchev–Trinajstić information content (AvgIpc) is 2.77. The highest BCUT2D eigenvalue weighted by Gasteiger charge is 2.13. The molecule has 1 amide bonds. The van der Waals surface area contributed by atoms with Crippen LogP contribution < -0.4 is 5.32 Å². The van der Waals surface area contributed by atoms with Crippen molar-refractivity contribution in [2.45, 2.75) is 6.92 Å². The molecular weight excluding hydrogens is 352 g/mol. The number of thiazole rings is 1. The number of aromatic nitrogens is 1. The van der Waals surface area contributed by atoms with E-state index in [4.69, 9.17) is 11.6 Å². The molecule has 0 atom stereocenters. The van der Waals surface area contributed by atoms with Gasteiger partial charge in [-0.3, -0.25) is 14.9 Å². The van der Waals surface area contributed by atoms with Crippen LogP contribution in [-0.2, 0) is 0 Å². The first kappa shape index (κ1) is 14.2. The number of ketones is 1. The van der Waals surface area contributed by atoms with E-state index in [2.05, 4.69) is 26.2 Å². The van der Waals surface area contributed by atoms with Crippen molar-refractivity contribution in [1.29, 1.82) is 0 Å². The minimum Gasteiger partial charge on any atom is -0.298 e. The normalized spacial score (nSPS) is 10.3. The van der Waals surface area contributed by atoms with E-state index in [-0.39, 0.29) is 11.7 Å². The van der Waals surface area contributed by atoms with E-state index < -0.39 is 0 Å². The van der Waals surface area contributed by atoms with Crippen molar-refractivity contribution in [3.05, 3.63) is 44.3 Å². The molecule has 2 rings (SSSR count). The molecule has 98 valence electrons. The highest BCUT2D eigenvalue weighted by atomic mass is 79.9. The Morgan fingerprint density at radius 1 is 1.42 bits per heavy atom. The second-order valence-electron chi connectivity index (χ2n) is 3.67. The Balaban J connectivity index is 2.18. The first-order chi connectivity index (χ1) is 8.97. The van der Waals surface area contributed by atoms with Gasteiger partial charge in [0.25, 0.3) is 5.91 Å². The Morgan fingerprint density at radius 3 is 2.74 bits per heavy atom. The molecule has 0 aliphatic heterocycles. The predicted octanol–water partition coefficient (Wildman–Crippen LogP) is 4.01. The lowest BCUT2D eigenvalue weighted by atomic mass is 10.2. The fourth-order valence-electron chi connectivity index (χ4n) is 1.33. The topological polar surface area (TPSA) is 59.1 Å². The number of Topliss-reactive ketones (excluding diaryl/α,β-unsaturated/α-hetero) is 1. The summed E-state index contributed by atoms with van der Waals surface area (Å²) in [6, 6.07) is 4.98. The van der Waals surface area contributed by atoms with Gasteiger partial charge in [-0.15, -0.1) is 11.3 Å². The summed E-state index contributed by atoms with van der Waals surface area (Å²) in [5, 5.41) is 4.92. The van der Waals surface area contributed by atoms with Gasteiger partial charge >= 0.3 is 0 Å². The van der Waals surface area contributed by atoms with Crippen molar-refractivity contribution in [2.24, 2.45) is 0 Å². The van der Waals surface area contributed by atoms with E-state index in [9.17, 15) is 9.59 Å². The first-order valence-electron chi connectivity index (χ1n) is 5.20. The molecule has 0 spiro atoms. The van der Waals surface area contributed by atoms with Crippen LogP contribution in [0.25, 0.3) is 0 Å². The van der Waals surface area contributed by atoms with Gasteiger partial charge in [0.1, 0.15) is 5.69 Å². The Bertz CT molecular complexity index is 657. The number of nitrogens with zero attached hydrogens (tertiary/aromatic N) is 1. The van der Waals surface area contributed by atoms with Crippen LogP contribution in [0.5, 0.6) is 0 Å². The monoisotopic (exact) mass is 358 g/mol. The maximum Gasteiger partial charge on any atom is 0.258 e. The number of hydrogen-bond acceptors (Lipinski definition) is 4. The van der Waals surface area contributed by atoms with Crippen LogP contribution in [0.4, 0.5) is 5.13 Å². The molecule has 0 unspecified atom stereocenters. The molecule has 0 bridgehead atoms. The van der Waals surface area contributed by atoms with Gasteiger partial charge in [0, 0.05) is 16.8 Å². The number of carbonyl (C=O) groups excluding carboxylic acids is 2. The first-order valence-corrected chi connectivity index (χ1v) is 7.25. The molecule has 0 saturated heterocycles. The Morgan fingerprint density at radius 2 is 2.16 bits per heavy atom. The van der Waals surface area contributed by atoms with Crippen LogP contribution in [-0.4, -0.2) is 16.7 Å². The number of benzene rings is 1. The van der Waals surface area contributed by atoms with Gasteiger partial charge in [0.05, 0.1) is 10.6 Å². The lowest BCUT2D eigenvalue weighted by Gasteiger charge is -2.04. The molecule has 0 aliphatic carbocycles. The van der Waals surface area contributed by atoms with Crippen molar-refractivity contribution in [3.63, 3.8) is 0 Å². The molecule has 1 heterocycles. The van der Waals surface area contributed by atoms with E-state index in [0.29, 0.717) is 21.4 Å². The van der Waals surface area contributed by atoms with Crippen LogP contribution in [0, 0.1) is 0 Å². The summed E-state index contributed by atoms with van der Waals surface area (Å²) in [4.78, 5) is 27.1. The van der Waals surface area contributed by atoms with Crippen LogP contribution in [0.2, 0.25) is 5.02 Å². The molecule has 7 heteroatoms. The number of nitrogens with one attached hydrogen (secondary N) is 1. The number of anilines is 1. The van der Waals surface area contributed by atoms with Crippen LogP contribution in [0.15, 0.2) is 28.1 Å². The molecule has 1 aromatic heterocycles. The number of carbonyl (C=O) groups is 2. The minimum atomic E-state index is -0.359. The summed E-state index contributed by atoms with van der Waals surface area (Å²) < 4.78 is 0.794. The van der Waals surface area contributed by atoms with E-state index in [1.807, 2.05) is 0 Å². The van der Waals surface area contributed by atoms with Crippen molar-refractivity contribution in [1.82, 2.24) is 4.98 Å². The van der Waals surface area contributed by atoms with Crippen LogP contribution in [0.3, 0.4) is 0 Å². The molecule has 0 fully saturated rings. The predicted molar refractivity (Wildman–Crippen MR) is 79.2 cm³/mol. The highest BCUT2D eigenvalue weighted by molar-refractivity contribution is 9.10. The van der Waals surface area contributed by atoms with Crippen molar-refractivity contribution in [2.75, 3.05) is 5.32 Å². The maximum atomic E-state index is 12.0. The Hall–Kier alpha value is -1.24. The lowest BCUT2D eigenvalue weighted by Crippen LogP contribution is -2.12. The summed E-state index contributed by atoms with van der Waals surface area (Å²) in [6.07, 6.45) is 0. The van der Waals surface area contributed by atoms with Gasteiger partial charge in [-0.25, -0.2) is 4.98 Å². The number of amides is 1. The number of rotatable bonds is 3. The smallest absolute Gasteiger partial charge is 0.258 e. The summed E-state index contributed by atoms with van der Waals surface area (Å²) in [5.41, 5.74) is 0.687. The minimum absolute atomic E-state index is 0.140. The van der Waals surface area contributed by atoms with E-state index >= 15 is 0 Å². The Kier molecular flexibility index (Phi) is 4.34. The molecule has 19 heavy (non-hydrogen) atoms. The lowest BCUT2D eigenvalue weighted by molar-refractivity contribution is 0.100. The SMILES string of the molecule is CC(=O)c1csc(NC(=O)c2ccc(Br)cc2Cl)n1. The van der Waals surface area contributed by atoms with Gasteiger partial charge in [-0.05, 0) is 18.2 Å². The largest absolute Gasteiger partial charge is 0.298 e. The van der Waals surface area contributed by atoms with E-state index in [0.717, 1.165) is 4.47 Å². The van der Waals surface area contributed by atoms with Gasteiger partial charge in [0.15, 0.2) is 10.9 Å². The third kappa shape index (κ3) is 3.40. The van der Waals surface area contributed by atoms with Gasteiger partial charge in [-0.1, -0.05) is 27.5 Å².